The third kappa shape index (κ3) is 5.25. The largest absolute Gasteiger partial charge is 0.508 e. The third-order valence-electron chi connectivity index (χ3n) is 3.09. The molecule has 0 saturated carbocycles. The van der Waals surface area contributed by atoms with Crippen LogP contribution in [0.1, 0.15) is 11.1 Å². The number of phenolic OH excluding ortho intramolecular Hbond substituents is 3. The summed E-state index contributed by atoms with van der Waals surface area (Å²) in [5.41, 5.74) is 0.932. The van der Waals surface area contributed by atoms with Crippen LogP contribution in [-0.2, 0) is 0 Å². The molecule has 2 rings (SSSR count). The molecule has 0 atom stereocenters. The van der Waals surface area contributed by atoms with E-state index in [1.165, 1.54) is 55.6 Å². The van der Waals surface area contributed by atoms with Gasteiger partial charge in [0.2, 0.25) is 5.17 Å². The second kappa shape index (κ2) is 8.74. The summed E-state index contributed by atoms with van der Waals surface area (Å²) < 4.78 is 5.02. The van der Waals surface area contributed by atoms with Crippen LogP contribution < -0.4 is 4.74 Å². The van der Waals surface area contributed by atoms with E-state index in [0.717, 1.165) is 0 Å². The van der Waals surface area contributed by atoms with E-state index < -0.39 is 0 Å². The van der Waals surface area contributed by atoms with Crippen molar-refractivity contribution < 1.29 is 20.1 Å². The Labute approximate surface area is 149 Å². The van der Waals surface area contributed by atoms with Crippen molar-refractivity contribution in [1.29, 1.82) is 0 Å². The van der Waals surface area contributed by atoms with Crippen LogP contribution >= 0.6 is 11.8 Å². The smallest absolute Gasteiger partial charge is 0.208 e. The fourth-order valence-electron chi connectivity index (χ4n) is 1.79. The maximum atomic E-state index is 9.89. The first-order valence-corrected chi connectivity index (χ1v) is 8.34. The van der Waals surface area contributed by atoms with Crippen molar-refractivity contribution >= 4 is 29.4 Å². The van der Waals surface area contributed by atoms with Crippen LogP contribution in [0.5, 0.6) is 23.0 Å². The summed E-state index contributed by atoms with van der Waals surface area (Å²) >= 11 is 1.27. The topological polar surface area (TPSA) is 107 Å². The van der Waals surface area contributed by atoms with Gasteiger partial charge in [0.05, 0.1) is 13.3 Å². The van der Waals surface area contributed by atoms with Crippen molar-refractivity contribution in [3.63, 3.8) is 0 Å². The minimum Gasteiger partial charge on any atom is -0.508 e. The van der Waals surface area contributed by atoms with Crippen LogP contribution in [0.4, 0.5) is 0 Å². The van der Waals surface area contributed by atoms with E-state index >= 15 is 0 Å². The number of ether oxygens (including phenoxy) is 1. The van der Waals surface area contributed by atoms with E-state index in [9.17, 15) is 15.3 Å². The van der Waals surface area contributed by atoms with Gasteiger partial charge in [-0.2, -0.15) is 5.10 Å². The zero-order chi connectivity index (χ0) is 18.2. The molecule has 0 aliphatic carbocycles. The maximum absolute atomic E-state index is 9.89. The predicted octanol–water partition coefficient (Wildman–Crippen LogP) is 2.98. The van der Waals surface area contributed by atoms with Gasteiger partial charge >= 0.3 is 0 Å². The lowest BCUT2D eigenvalue weighted by Crippen LogP contribution is -1.90. The number of methoxy groups -OCH3 is 1. The Balaban J connectivity index is 2.13. The Morgan fingerprint density at radius 3 is 2.32 bits per heavy atom. The van der Waals surface area contributed by atoms with Crippen molar-refractivity contribution in [2.24, 2.45) is 15.2 Å². The molecule has 0 unspecified atom stereocenters. The average Bonchev–Trinajstić information content (AvgIpc) is 2.60. The number of benzene rings is 2. The van der Waals surface area contributed by atoms with Crippen molar-refractivity contribution in [3.8, 4) is 23.0 Å². The highest BCUT2D eigenvalue weighted by Crippen LogP contribution is 2.22. The van der Waals surface area contributed by atoms with Gasteiger partial charge in [-0.05, 0) is 30.5 Å². The lowest BCUT2D eigenvalue weighted by molar-refractivity contribution is 0.407. The second-order valence-electron chi connectivity index (χ2n) is 4.76. The van der Waals surface area contributed by atoms with Crippen LogP contribution in [0.15, 0.2) is 51.6 Å². The van der Waals surface area contributed by atoms with Gasteiger partial charge in [-0.1, -0.05) is 11.8 Å². The van der Waals surface area contributed by atoms with Gasteiger partial charge in [-0.3, -0.25) is 0 Å². The molecular weight excluding hydrogens is 342 g/mol. The molecule has 0 bridgehead atoms. The zero-order valence-corrected chi connectivity index (χ0v) is 14.4. The fourth-order valence-corrected chi connectivity index (χ4v) is 2.07. The van der Waals surface area contributed by atoms with Gasteiger partial charge in [-0.15, -0.1) is 5.10 Å². The molecule has 130 valence electrons. The summed E-state index contributed by atoms with van der Waals surface area (Å²) in [5, 5.41) is 37.0. The first-order chi connectivity index (χ1) is 12.0. The summed E-state index contributed by atoms with van der Waals surface area (Å²) in [5.74, 6) is 0.455. The number of nitrogens with zero attached hydrogens (tertiary/aromatic N) is 3. The highest BCUT2D eigenvalue weighted by Gasteiger charge is 2.02. The summed E-state index contributed by atoms with van der Waals surface area (Å²) in [6.45, 7) is 0. The first kappa shape index (κ1) is 18.3. The number of thioether (sulfide) groups is 1. The van der Waals surface area contributed by atoms with Crippen molar-refractivity contribution in [1.82, 2.24) is 0 Å². The van der Waals surface area contributed by atoms with Crippen LogP contribution in [0, 0.1) is 0 Å². The molecule has 2 aromatic rings. The Bertz CT molecular complexity index is 835. The molecule has 7 nitrogen and oxygen atoms in total. The lowest BCUT2D eigenvalue weighted by Gasteiger charge is -2.02. The van der Waals surface area contributed by atoms with Gasteiger partial charge in [0.1, 0.15) is 23.0 Å². The number of amidine groups is 1. The highest BCUT2D eigenvalue weighted by atomic mass is 32.2. The lowest BCUT2D eigenvalue weighted by atomic mass is 10.2. The van der Waals surface area contributed by atoms with E-state index in [1.807, 2.05) is 0 Å². The molecule has 0 aliphatic rings. The highest BCUT2D eigenvalue weighted by molar-refractivity contribution is 8.13. The molecule has 0 heterocycles. The molecule has 0 saturated heterocycles. The average molecular weight is 359 g/mol. The van der Waals surface area contributed by atoms with Crippen LogP contribution in [0.3, 0.4) is 0 Å². The molecule has 8 heteroatoms. The Morgan fingerprint density at radius 2 is 1.68 bits per heavy atom. The van der Waals surface area contributed by atoms with E-state index in [0.29, 0.717) is 22.0 Å². The molecule has 0 spiro atoms. The molecule has 0 aromatic heterocycles. The van der Waals surface area contributed by atoms with Gasteiger partial charge in [0.25, 0.3) is 0 Å². The summed E-state index contributed by atoms with van der Waals surface area (Å²) in [7, 11) is 1.52. The van der Waals surface area contributed by atoms with Crippen LogP contribution in [0.2, 0.25) is 0 Å². The summed E-state index contributed by atoms with van der Waals surface area (Å²) in [6, 6.07) is 9.04. The molecule has 3 N–H and O–H groups in total. The predicted molar refractivity (Wildman–Crippen MR) is 101 cm³/mol. The zero-order valence-electron chi connectivity index (χ0n) is 13.6. The molecule has 0 aliphatic heterocycles. The molecule has 0 fully saturated rings. The Morgan fingerprint density at radius 1 is 1.00 bits per heavy atom. The van der Waals surface area contributed by atoms with E-state index in [-0.39, 0.29) is 17.2 Å². The minimum absolute atomic E-state index is 0.0353. The minimum atomic E-state index is -0.101. The number of aliphatic imine (C=N–C) groups is 1. The normalized spacial score (nSPS) is 12.2. The van der Waals surface area contributed by atoms with E-state index in [2.05, 4.69) is 15.2 Å². The van der Waals surface area contributed by atoms with Crippen LogP contribution in [-0.4, -0.2) is 46.3 Å². The number of rotatable bonds is 4. The number of hydrogen-bond acceptors (Lipinski definition) is 7. The SMILES string of the molecule is COc1ccc(/C=N/C(=N\N=C\c2ccc(O)cc2O)SC)c(O)c1. The summed E-state index contributed by atoms with van der Waals surface area (Å²) in [6.07, 6.45) is 4.61. The van der Waals surface area contributed by atoms with Crippen LogP contribution in [0.25, 0.3) is 0 Å². The van der Waals surface area contributed by atoms with Gasteiger partial charge in [0.15, 0.2) is 0 Å². The van der Waals surface area contributed by atoms with Crippen molar-refractivity contribution in [2.75, 3.05) is 13.4 Å². The van der Waals surface area contributed by atoms with Crippen molar-refractivity contribution in [2.45, 2.75) is 0 Å². The first-order valence-electron chi connectivity index (χ1n) is 7.11. The standard InChI is InChI=1S/C17H17N3O4S/c1-24-14-6-4-11(16(23)8-14)9-18-17(25-2)20-19-10-12-3-5-13(21)7-15(12)22/h3-10,21-23H,1-2H3/b18-9+,19-10+,20-17+. The maximum Gasteiger partial charge on any atom is 0.208 e. The quantitative estimate of drug-likeness (QED) is 0.442. The molecule has 25 heavy (non-hydrogen) atoms. The van der Waals surface area contributed by atoms with Gasteiger partial charge < -0.3 is 20.1 Å². The number of aromatic hydroxyl groups is 3. The molecule has 2 aromatic carbocycles. The van der Waals surface area contributed by atoms with E-state index in [4.69, 9.17) is 4.74 Å². The fraction of sp³-hybridized carbons (Fsp3) is 0.118. The Kier molecular flexibility index (Phi) is 6.41. The monoisotopic (exact) mass is 359 g/mol. The molecule has 0 amide bonds. The van der Waals surface area contributed by atoms with E-state index in [1.54, 1.807) is 18.4 Å². The second-order valence-corrected chi connectivity index (χ2v) is 5.53. The third-order valence-corrected chi connectivity index (χ3v) is 3.64. The molecule has 0 radical (unpaired) electrons. The number of hydrogen-bond donors (Lipinski definition) is 3. The van der Waals surface area contributed by atoms with Crippen molar-refractivity contribution in [3.05, 3.63) is 47.5 Å². The number of phenols is 3. The summed E-state index contributed by atoms with van der Waals surface area (Å²) in [4.78, 5) is 4.17. The molecular formula is C17H17N3O4S. The van der Waals surface area contributed by atoms with Gasteiger partial charge in [0, 0.05) is 29.5 Å². The van der Waals surface area contributed by atoms with Gasteiger partial charge in [-0.25, -0.2) is 4.99 Å². The Hall–Kier alpha value is -3.00.